The lowest BCUT2D eigenvalue weighted by atomic mass is 9.69. The van der Waals surface area contributed by atoms with E-state index in [0.29, 0.717) is 17.9 Å². The highest BCUT2D eigenvalue weighted by molar-refractivity contribution is 5.94. The molecule has 0 atom stereocenters. The van der Waals surface area contributed by atoms with E-state index >= 15 is 0 Å². The quantitative estimate of drug-likeness (QED) is 0.717. The fourth-order valence-corrected chi connectivity index (χ4v) is 3.97. The number of methoxy groups -OCH3 is 1. The van der Waals surface area contributed by atoms with E-state index in [0.717, 1.165) is 31.4 Å². The normalized spacial score (nSPS) is 15.3. The largest absolute Gasteiger partial charge is 0.497 e. The fraction of sp³-hybridized carbons (Fsp3) is 0.391. The van der Waals surface area contributed by atoms with Crippen molar-refractivity contribution in [3.05, 3.63) is 59.7 Å². The van der Waals surface area contributed by atoms with E-state index in [1.807, 2.05) is 12.1 Å². The minimum absolute atomic E-state index is 0.0692. The van der Waals surface area contributed by atoms with Gasteiger partial charge < -0.3 is 20.5 Å². The van der Waals surface area contributed by atoms with E-state index in [-0.39, 0.29) is 17.9 Å². The summed E-state index contributed by atoms with van der Waals surface area (Å²) in [7, 11) is 1.66. The second-order valence-corrected chi connectivity index (χ2v) is 7.53. The molecule has 2 aromatic carbocycles. The van der Waals surface area contributed by atoms with Crippen molar-refractivity contribution in [1.29, 1.82) is 0 Å². The molecule has 0 heterocycles. The lowest BCUT2D eigenvalue weighted by Gasteiger charge is -2.38. The van der Waals surface area contributed by atoms with Crippen molar-refractivity contribution in [2.75, 3.05) is 20.3 Å². The Morgan fingerprint density at radius 1 is 1.03 bits per heavy atom. The van der Waals surface area contributed by atoms with Gasteiger partial charge in [-0.15, -0.1) is 0 Å². The van der Waals surface area contributed by atoms with Gasteiger partial charge in [-0.25, -0.2) is 0 Å². The number of nitrogens with two attached hydrogens (primary N) is 1. The molecule has 3 rings (SSSR count). The minimum Gasteiger partial charge on any atom is -0.497 e. The summed E-state index contributed by atoms with van der Waals surface area (Å²) in [5.41, 5.74) is 6.76. The Morgan fingerprint density at radius 2 is 1.76 bits per heavy atom. The highest BCUT2D eigenvalue weighted by atomic mass is 16.5. The summed E-state index contributed by atoms with van der Waals surface area (Å²) in [6.07, 6.45) is 5.62. The Labute approximate surface area is 171 Å². The number of primary amides is 1. The average Bonchev–Trinajstić information content (AvgIpc) is 2.77. The van der Waals surface area contributed by atoms with Crippen molar-refractivity contribution in [3.8, 4) is 11.5 Å². The van der Waals surface area contributed by atoms with Gasteiger partial charge in [-0.2, -0.15) is 0 Å². The molecule has 0 bridgehead atoms. The highest BCUT2D eigenvalue weighted by Gasteiger charge is 2.34. The smallest absolute Gasteiger partial charge is 0.255 e. The van der Waals surface area contributed by atoms with Crippen LogP contribution >= 0.6 is 0 Å². The van der Waals surface area contributed by atoms with Crippen molar-refractivity contribution >= 4 is 11.8 Å². The van der Waals surface area contributed by atoms with Crippen LogP contribution in [0.1, 0.15) is 48.0 Å². The van der Waals surface area contributed by atoms with Crippen molar-refractivity contribution in [1.82, 2.24) is 5.32 Å². The molecule has 1 aliphatic carbocycles. The van der Waals surface area contributed by atoms with Crippen LogP contribution in [0.15, 0.2) is 48.5 Å². The van der Waals surface area contributed by atoms with Gasteiger partial charge in [0.25, 0.3) is 11.8 Å². The first-order valence-electron chi connectivity index (χ1n) is 9.96. The lowest BCUT2D eigenvalue weighted by molar-refractivity contribution is -0.119. The number of hydrogen-bond donors (Lipinski definition) is 2. The second kappa shape index (κ2) is 9.45. The first-order valence-corrected chi connectivity index (χ1v) is 9.96. The van der Waals surface area contributed by atoms with Crippen LogP contribution in [-0.2, 0) is 10.2 Å². The number of carbonyl (C=O) groups excluding carboxylic acids is 2. The Bertz CT molecular complexity index is 842. The van der Waals surface area contributed by atoms with E-state index < -0.39 is 5.91 Å². The molecule has 3 N–H and O–H groups in total. The summed E-state index contributed by atoms with van der Waals surface area (Å²) in [5, 5.41) is 3.11. The van der Waals surface area contributed by atoms with Gasteiger partial charge in [0.1, 0.15) is 11.5 Å². The van der Waals surface area contributed by atoms with Gasteiger partial charge in [-0.05, 0) is 48.7 Å². The predicted octanol–water partition coefficient (Wildman–Crippen LogP) is 3.19. The Balaban J connectivity index is 1.71. The van der Waals surface area contributed by atoms with Crippen LogP contribution in [0.25, 0.3) is 0 Å². The minimum atomic E-state index is -0.557. The molecule has 0 saturated heterocycles. The van der Waals surface area contributed by atoms with Crippen molar-refractivity contribution in [2.45, 2.75) is 37.5 Å². The standard InChI is InChI=1S/C23H28N2O4/c1-28-19-10-8-18(9-11-19)23(12-3-2-4-13-23)16-25-22(27)17-6-5-7-20(14-17)29-15-21(24)26/h5-11,14H,2-4,12-13,15-16H2,1H3,(H2,24,26)(H,25,27). The predicted molar refractivity (Wildman–Crippen MR) is 111 cm³/mol. The van der Waals surface area contributed by atoms with Gasteiger partial charge in [-0.1, -0.05) is 37.5 Å². The molecule has 0 aliphatic heterocycles. The van der Waals surface area contributed by atoms with E-state index in [9.17, 15) is 9.59 Å². The highest BCUT2D eigenvalue weighted by Crippen LogP contribution is 2.39. The Morgan fingerprint density at radius 3 is 2.41 bits per heavy atom. The molecule has 0 spiro atoms. The number of amides is 2. The first kappa shape index (κ1) is 20.7. The molecule has 0 unspecified atom stereocenters. The van der Waals surface area contributed by atoms with Crippen LogP contribution < -0.4 is 20.5 Å². The number of hydrogen-bond acceptors (Lipinski definition) is 4. The third-order valence-electron chi connectivity index (χ3n) is 5.58. The summed E-state index contributed by atoms with van der Waals surface area (Å²) in [6, 6.07) is 14.9. The Hall–Kier alpha value is -3.02. The van der Waals surface area contributed by atoms with Crippen LogP contribution in [-0.4, -0.2) is 32.1 Å². The molecule has 0 radical (unpaired) electrons. The molecule has 6 heteroatoms. The summed E-state index contributed by atoms with van der Waals surface area (Å²) < 4.78 is 10.6. The maximum atomic E-state index is 12.8. The van der Waals surface area contributed by atoms with Crippen molar-refractivity contribution in [3.63, 3.8) is 0 Å². The fourth-order valence-electron chi connectivity index (χ4n) is 3.97. The number of rotatable bonds is 8. The van der Waals surface area contributed by atoms with Crippen LogP contribution in [0.3, 0.4) is 0 Å². The van der Waals surface area contributed by atoms with Crippen LogP contribution in [0.5, 0.6) is 11.5 Å². The molecular weight excluding hydrogens is 368 g/mol. The third-order valence-corrected chi connectivity index (χ3v) is 5.58. The van der Waals surface area contributed by atoms with Gasteiger partial charge in [0.05, 0.1) is 7.11 Å². The first-order chi connectivity index (χ1) is 14.0. The van der Waals surface area contributed by atoms with Crippen LogP contribution in [0.4, 0.5) is 0 Å². The van der Waals surface area contributed by atoms with Crippen molar-refractivity contribution in [2.24, 2.45) is 5.73 Å². The third kappa shape index (κ3) is 5.28. The second-order valence-electron chi connectivity index (χ2n) is 7.53. The zero-order valence-electron chi connectivity index (χ0n) is 16.8. The van der Waals surface area contributed by atoms with E-state index in [2.05, 4.69) is 17.4 Å². The molecule has 6 nitrogen and oxygen atoms in total. The summed E-state index contributed by atoms with van der Waals surface area (Å²) >= 11 is 0. The topological polar surface area (TPSA) is 90.7 Å². The summed E-state index contributed by atoms with van der Waals surface area (Å²) in [5.74, 6) is 0.557. The van der Waals surface area contributed by atoms with Crippen LogP contribution in [0.2, 0.25) is 0 Å². The maximum Gasteiger partial charge on any atom is 0.255 e. The maximum absolute atomic E-state index is 12.8. The monoisotopic (exact) mass is 396 g/mol. The number of nitrogens with one attached hydrogen (secondary N) is 1. The van der Waals surface area contributed by atoms with E-state index in [4.69, 9.17) is 15.2 Å². The van der Waals surface area contributed by atoms with Gasteiger partial charge in [0, 0.05) is 17.5 Å². The number of ether oxygens (including phenoxy) is 2. The molecule has 0 aromatic heterocycles. The molecule has 154 valence electrons. The van der Waals surface area contributed by atoms with E-state index in [1.165, 1.54) is 12.0 Å². The SMILES string of the molecule is COc1ccc(C2(CNC(=O)c3cccc(OCC(N)=O)c3)CCCCC2)cc1. The molecule has 1 saturated carbocycles. The van der Waals surface area contributed by atoms with E-state index in [1.54, 1.807) is 31.4 Å². The zero-order chi connectivity index (χ0) is 20.7. The molecule has 2 aromatic rings. The molecule has 2 amide bonds. The number of benzene rings is 2. The summed E-state index contributed by atoms with van der Waals surface area (Å²) in [4.78, 5) is 23.7. The number of carbonyl (C=O) groups is 2. The molecule has 1 fully saturated rings. The lowest BCUT2D eigenvalue weighted by Crippen LogP contribution is -2.42. The van der Waals surface area contributed by atoms with Gasteiger partial charge in [-0.3, -0.25) is 9.59 Å². The van der Waals surface area contributed by atoms with Gasteiger partial charge >= 0.3 is 0 Å². The van der Waals surface area contributed by atoms with Gasteiger partial charge in [0.2, 0.25) is 0 Å². The molecular formula is C23H28N2O4. The molecule has 29 heavy (non-hydrogen) atoms. The van der Waals surface area contributed by atoms with Gasteiger partial charge in [0.15, 0.2) is 6.61 Å². The Kier molecular flexibility index (Phi) is 6.75. The zero-order valence-corrected chi connectivity index (χ0v) is 16.8. The van der Waals surface area contributed by atoms with Crippen molar-refractivity contribution < 1.29 is 19.1 Å². The van der Waals surface area contributed by atoms with Crippen LogP contribution in [0, 0.1) is 0 Å². The molecule has 1 aliphatic rings. The average molecular weight is 396 g/mol. The summed E-state index contributed by atoms with van der Waals surface area (Å²) in [6.45, 7) is 0.357.